The molecule has 0 aliphatic heterocycles. The maximum absolute atomic E-state index is 11.2. The first kappa shape index (κ1) is 13.5. The maximum atomic E-state index is 11.2. The molecular weight excluding hydrogens is 240 g/mol. The first-order chi connectivity index (χ1) is 8.08. The van der Waals surface area contributed by atoms with Crippen LogP contribution in [0.2, 0.25) is 5.02 Å². The zero-order chi connectivity index (χ0) is 12.8. The van der Waals surface area contributed by atoms with Gasteiger partial charge in [0.05, 0.1) is 7.11 Å². The fourth-order valence-electron chi connectivity index (χ4n) is 1.34. The van der Waals surface area contributed by atoms with Crippen LogP contribution in [0.1, 0.15) is 5.56 Å². The molecule has 0 aliphatic rings. The van der Waals surface area contributed by atoms with Crippen molar-refractivity contribution in [2.75, 3.05) is 14.2 Å². The number of esters is 1. The molecule has 1 aromatic rings. The van der Waals surface area contributed by atoms with Crippen LogP contribution in [0.5, 0.6) is 0 Å². The van der Waals surface area contributed by atoms with E-state index in [0.717, 1.165) is 11.3 Å². The molecule has 5 heteroatoms. The zero-order valence-electron chi connectivity index (χ0n) is 9.74. The molecule has 0 fully saturated rings. The summed E-state index contributed by atoms with van der Waals surface area (Å²) >= 11 is 5.80. The summed E-state index contributed by atoms with van der Waals surface area (Å²) in [5, 5.41) is 3.63. The Kier molecular flexibility index (Phi) is 5.00. The number of halogens is 1. The Hall–Kier alpha value is -1.52. The summed E-state index contributed by atoms with van der Waals surface area (Å²) in [6, 6.07) is 6.43. The normalized spacial score (nSPS) is 13.1. The van der Waals surface area contributed by atoms with E-state index < -0.39 is 12.0 Å². The van der Waals surface area contributed by atoms with Gasteiger partial charge >= 0.3 is 5.97 Å². The summed E-state index contributed by atoms with van der Waals surface area (Å²) in [7, 11) is 3.06. The van der Waals surface area contributed by atoms with Crippen molar-refractivity contribution in [2.45, 2.75) is 6.04 Å². The fraction of sp³-hybridized carbons (Fsp3) is 0.250. The number of benzene rings is 1. The Balaban J connectivity index is 2.94. The van der Waals surface area contributed by atoms with Gasteiger partial charge in [-0.05, 0) is 23.8 Å². The number of methoxy groups -OCH3 is 1. The first-order valence-corrected chi connectivity index (χ1v) is 5.45. The zero-order valence-corrected chi connectivity index (χ0v) is 10.5. The summed E-state index contributed by atoms with van der Waals surface area (Å²) in [5.41, 5.74) is 7.30. The Morgan fingerprint density at radius 2 is 2.06 bits per heavy atom. The van der Waals surface area contributed by atoms with E-state index >= 15 is 0 Å². The summed E-state index contributed by atoms with van der Waals surface area (Å²) in [5.74, 6) is -0.480. The second-order valence-electron chi connectivity index (χ2n) is 3.39. The van der Waals surface area contributed by atoms with Crippen molar-refractivity contribution in [1.29, 1.82) is 0 Å². The van der Waals surface area contributed by atoms with E-state index in [-0.39, 0.29) is 0 Å². The Bertz CT molecular complexity index is 415. The largest absolute Gasteiger partial charge is 0.468 e. The van der Waals surface area contributed by atoms with Crippen molar-refractivity contribution in [3.8, 4) is 0 Å². The molecule has 1 rings (SSSR count). The molecule has 1 aromatic carbocycles. The van der Waals surface area contributed by atoms with Crippen LogP contribution >= 0.6 is 11.6 Å². The highest BCUT2D eigenvalue weighted by Crippen LogP contribution is 2.15. The molecule has 3 N–H and O–H groups in total. The van der Waals surface area contributed by atoms with Crippen LogP contribution in [0.3, 0.4) is 0 Å². The fourth-order valence-corrected chi connectivity index (χ4v) is 1.46. The minimum Gasteiger partial charge on any atom is -0.468 e. The van der Waals surface area contributed by atoms with E-state index in [0.29, 0.717) is 5.02 Å². The predicted octanol–water partition coefficient (Wildman–Crippen LogP) is 1.40. The van der Waals surface area contributed by atoms with Gasteiger partial charge in [-0.15, -0.1) is 0 Å². The molecule has 0 bridgehead atoms. The number of nitrogens with two attached hydrogens (primary N) is 1. The average Bonchev–Trinajstić information content (AvgIpc) is 2.35. The lowest BCUT2D eigenvalue weighted by Gasteiger charge is -2.10. The van der Waals surface area contributed by atoms with Gasteiger partial charge in [-0.25, -0.2) is 0 Å². The van der Waals surface area contributed by atoms with Crippen molar-refractivity contribution in [1.82, 2.24) is 5.32 Å². The third-order valence-corrected chi connectivity index (χ3v) is 2.50. The van der Waals surface area contributed by atoms with Crippen LogP contribution in [0.25, 0.3) is 5.70 Å². The molecule has 92 valence electrons. The van der Waals surface area contributed by atoms with Gasteiger partial charge in [0.15, 0.2) is 0 Å². The number of hydrogen-bond acceptors (Lipinski definition) is 4. The van der Waals surface area contributed by atoms with Gasteiger partial charge in [-0.2, -0.15) is 0 Å². The summed E-state index contributed by atoms with van der Waals surface area (Å²) < 4.78 is 4.55. The van der Waals surface area contributed by atoms with Crippen LogP contribution in [-0.4, -0.2) is 26.2 Å². The molecule has 1 unspecified atom stereocenters. The van der Waals surface area contributed by atoms with Gasteiger partial charge in [0.25, 0.3) is 0 Å². The molecule has 0 saturated heterocycles. The predicted molar refractivity (Wildman–Crippen MR) is 68.5 cm³/mol. The van der Waals surface area contributed by atoms with Crippen LogP contribution in [0, 0.1) is 0 Å². The molecule has 0 aliphatic carbocycles. The Morgan fingerprint density at radius 1 is 1.47 bits per heavy atom. The number of rotatable bonds is 4. The van der Waals surface area contributed by atoms with Crippen LogP contribution in [0.4, 0.5) is 0 Å². The molecule has 0 spiro atoms. The van der Waals surface area contributed by atoms with Gasteiger partial charge in [0.1, 0.15) is 6.04 Å². The van der Waals surface area contributed by atoms with Crippen LogP contribution < -0.4 is 11.1 Å². The molecule has 0 amide bonds. The van der Waals surface area contributed by atoms with Gasteiger partial charge in [0.2, 0.25) is 0 Å². The number of hydrogen-bond donors (Lipinski definition) is 2. The third-order valence-electron chi connectivity index (χ3n) is 2.24. The van der Waals surface area contributed by atoms with E-state index in [1.807, 2.05) is 12.1 Å². The van der Waals surface area contributed by atoms with Crippen molar-refractivity contribution < 1.29 is 9.53 Å². The van der Waals surface area contributed by atoms with E-state index in [9.17, 15) is 4.79 Å². The van der Waals surface area contributed by atoms with E-state index in [2.05, 4.69) is 10.1 Å². The second-order valence-corrected chi connectivity index (χ2v) is 3.82. The van der Waals surface area contributed by atoms with Crippen molar-refractivity contribution in [2.24, 2.45) is 5.73 Å². The van der Waals surface area contributed by atoms with Crippen LogP contribution in [0.15, 0.2) is 30.3 Å². The van der Waals surface area contributed by atoms with E-state index in [4.69, 9.17) is 17.3 Å². The highest BCUT2D eigenvalue weighted by molar-refractivity contribution is 6.30. The van der Waals surface area contributed by atoms with Crippen molar-refractivity contribution in [3.63, 3.8) is 0 Å². The minimum absolute atomic E-state index is 0.480. The maximum Gasteiger partial charge on any atom is 0.326 e. The van der Waals surface area contributed by atoms with E-state index in [1.54, 1.807) is 25.3 Å². The Labute approximate surface area is 105 Å². The highest BCUT2D eigenvalue weighted by atomic mass is 35.5. The lowest BCUT2D eigenvalue weighted by atomic mass is 10.1. The minimum atomic E-state index is -0.793. The SMILES string of the molecule is CN/C(=C\C(N)C(=O)OC)c1ccc(Cl)cc1. The molecule has 0 heterocycles. The van der Waals surface area contributed by atoms with Crippen LogP contribution in [-0.2, 0) is 9.53 Å². The smallest absolute Gasteiger partial charge is 0.326 e. The average molecular weight is 255 g/mol. The number of nitrogens with one attached hydrogen (secondary N) is 1. The highest BCUT2D eigenvalue weighted by Gasteiger charge is 2.12. The molecule has 0 radical (unpaired) electrons. The standard InChI is InChI=1S/C12H15ClN2O2/c1-15-11(7-10(14)12(16)17-2)8-3-5-9(13)6-4-8/h3-7,10,15H,14H2,1-2H3/b11-7-. The third kappa shape index (κ3) is 3.76. The van der Waals surface area contributed by atoms with Gasteiger partial charge in [0, 0.05) is 17.8 Å². The first-order valence-electron chi connectivity index (χ1n) is 5.07. The van der Waals surface area contributed by atoms with E-state index in [1.165, 1.54) is 7.11 Å². The molecule has 1 atom stereocenters. The molecule has 0 aromatic heterocycles. The number of ether oxygens (including phenoxy) is 1. The number of carbonyl (C=O) groups excluding carboxylic acids is 1. The quantitative estimate of drug-likeness (QED) is 0.798. The monoisotopic (exact) mass is 254 g/mol. The lowest BCUT2D eigenvalue weighted by Crippen LogP contribution is -2.30. The summed E-state index contributed by atoms with van der Waals surface area (Å²) in [4.78, 5) is 11.2. The molecule has 4 nitrogen and oxygen atoms in total. The van der Waals surface area contributed by atoms with Crippen molar-refractivity contribution in [3.05, 3.63) is 40.9 Å². The molecular formula is C12H15ClN2O2. The van der Waals surface area contributed by atoms with Gasteiger partial charge in [-0.3, -0.25) is 4.79 Å². The number of carbonyl (C=O) groups is 1. The lowest BCUT2D eigenvalue weighted by molar-refractivity contribution is -0.140. The molecule has 17 heavy (non-hydrogen) atoms. The Morgan fingerprint density at radius 3 is 2.53 bits per heavy atom. The topological polar surface area (TPSA) is 64.3 Å². The summed E-state index contributed by atoms with van der Waals surface area (Å²) in [6.45, 7) is 0. The summed E-state index contributed by atoms with van der Waals surface area (Å²) in [6.07, 6.45) is 1.61. The van der Waals surface area contributed by atoms with Gasteiger partial charge < -0.3 is 15.8 Å². The second kappa shape index (κ2) is 6.27. The van der Waals surface area contributed by atoms with Crippen molar-refractivity contribution >= 4 is 23.3 Å². The molecule has 0 saturated carbocycles. The van der Waals surface area contributed by atoms with Gasteiger partial charge in [-0.1, -0.05) is 23.7 Å².